The molecule has 0 saturated carbocycles. The molecule has 2 aliphatic heterocycles. The van der Waals surface area contributed by atoms with E-state index in [0.29, 0.717) is 18.9 Å². The molecule has 172 valence electrons. The fourth-order valence-electron chi connectivity index (χ4n) is 4.97. The molecular formula is C26H30N4O3. The van der Waals surface area contributed by atoms with Crippen molar-refractivity contribution in [2.24, 2.45) is 5.92 Å². The SMILES string of the molecule is COc1cccc(N2C[C@H](c3nc4ccccc4n3CC(=O)N3CCC(C)CC3)CC2=O)c1. The summed E-state index contributed by atoms with van der Waals surface area (Å²) in [6.07, 6.45) is 2.47. The Bertz CT molecular complexity index is 1180. The normalized spacial score (nSPS) is 19.5. The van der Waals surface area contributed by atoms with Gasteiger partial charge in [0.05, 0.1) is 18.1 Å². The first-order valence-corrected chi connectivity index (χ1v) is 11.7. The van der Waals surface area contributed by atoms with E-state index in [9.17, 15) is 9.59 Å². The largest absolute Gasteiger partial charge is 0.497 e. The van der Waals surface area contributed by atoms with Gasteiger partial charge in [-0.3, -0.25) is 9.59 Å². The van der Waals surface area contributed by atoms with E-state index in [1.807, 2.05) is 58.0 Å². The molecule has 2 saturated heterocycles. The van der Waals surface area contributed by atoms with Crippen LogP contribution in [0.3, 0.4) is 0 Å². The third kappa shape index (κ3) is 4.19. The van der Waals surface area contributed by atoms with Gasteiger partial charge in [0, 0.05) is 43.7 Å². The molecule has 2 fully saturated rings. The van der Waals surface area contributed by atoms with Crippen molar-refractivity contribution in [1.82, 2.24) is 14.5 Å². The summed E-state index contributed by atoms with van der Waals surface area (Å²) in [6.45, 7) is 4.66. The molecule has 0 unspecified atom stereocenters. The van der Waals surface area contributed by atoms with Crippen LogP contribution in [0.15, 0.2) is 48.5 Å². The molecule has 7 heteroatoms. The molecule has 2 aliphatic rings. The molecule has 7 nitrogen and oxygen atoms in total. The van der Waals surface area contributed by atoms with Gasteiger partial charge in [0.2, 0.25) is 11.8 Å². The van der Waals surface area contributed by atoms with Crippen LogP contribution < -0.4 is 9.64 Å². The zero-order valence-electron chi connectivity index (χ0n) is 19.2. The molecule has 1 atom stereocenters. The van der Waals surface area contributed by atoms with E-state index in [-0.39, 0.29) is 24.3 Å². The Morgan fingerprint density at radius 3 is 2.70 bits per heavy atom. The number of imidazole rings is 1. The topological polar surface area (TPSA) is 67.7 Å². The number of para-hydroxylation sites is 2. The number of rotatable bonds is 5. The molecule has 0 radical (unpaired) electrons. The fraction of sp³-hybridized carbons (Fsp3) is 0.423. The Morgan fingerprint density at radius 1 is 1.12 bits per heavy atom. The lowest BCUT2D eigenvalue weighted by molar-refractivity contribution is -0.133. The minimum atomic E-state index is -0.0784. The molecular weight excluding hydrogens is 416 g/mol. The minimum Gasteiger partial charge on any atom is -0.497 e. The van der Waals surface area contributed by atoms with E-state index in [1.54, 1.807) is 12.0 Å². The summed E-state index contributed by atoms with van der Waals surface area (Å²) in [5.41, 5.74) is 2.63. The lowest BCUT2D eigenvalue weighted by Crippen LogP contribution is -2.40. The molecule has 5 rings (SSSR count). The predicted octanol–water partition coefficient (Wildman–Crippen LogP) is 3.82. The Balaban J connectivity index is 1.43. The lowest BCUT2D eigenvalue weighted by atomic mass is 9.99. The highest BCUT2D eigenvalue weighted by Gasteiger charge is 2.35. The second-order valence-electron chi connectivity index (χ2n) is 9.22. The van der Waals surface area contributed by atoms with Crippen molar-refractivity contribution in [1.29, 1.82) is 0 Å². The average molecular weight is 447 g/mol. The van der Waals surface area contributed by atoms with E-state index in [1.165, 1.54) is 0 Å². The summed E-state index contributed by atoms with van der Waals surface area (Å²) in [5, 5.41) is 0. The van der Waals surface area contributed by atoms with Gasteiger partial charge in [-0.15, -0.1) is 0 Å². The number of hydrogen-bond acceptors (Lipinski definition) is 4. The van der Waals surface area contributed by atoms with Crippen LogP contribution in [0.2, 0.25) is 0 Å². The lowest BCUT2D eigenvalue weighted by Gasteiger charge is -2.30. The van der Waals surface area contributed by atoms with Crippen molar-refractivity contribution < 1.29 is 14.3 Å². The maximum atomic E-state index is 13.2. The number of amides is 2. The van der Waals surface area contributed by atoms with Gasteiger partial charge in [-0.2, -0.15) is 0 Å². The van der Waals surface area contributed by atoms with Crippen molar-refractivity contribution in [3.05, 3.63) is 54.4 Å². The quantitative estimate of drug-likeness (QED) is 0.598. The molecule has 3 heterocycles. The van der Waals surface area contributed by atoms with Gasteiger partial charge in [0.25, 0.3) is 0 Å². The molecule has 0 spiro atoms. The van der Waals surface area contributed by atoms with E-state index < -0.39 is 0 Å². The van der Waals surface area contributed by atoms with Gasteiger partial charge in [0.15, 0.2) is 0 Å². The number of likely N-dealkylation sites (tertiary alicyclic amines) is 1. The number of nitrogens with zero attached hydrogens (tertiary/aromatic N) is 4. The van der Waals surface area contributed by atoms with Crippen molar-refractivity contribution in [3.63, 3.8) is 0 Å². The van der Waals surface area contributed by atoms with Crippen LogP contribution in [0.25, 0.3) is 11.0 Å². The molecule has 2 aromatic carbocycles. The maximum absolute atomic E-state index is 13.2. The third-order valence-electron chi connectivity index (χ3n) is 6.97. The van der Waals surface area contributed by atoms with E-state index in [2.05, 4.69) is 6.92 Å². The number of fused-ring (bicyclic) bond motifs is 1. The molecule has 1 aromatic heterocycles. The van der Waals surface area contributed by atoms with Crippen LogP contribution in [-0.4, -0.2) is 53.0 Å². The monoisotopic (exact) mass is 446 g/mol. The van der Waals surface area contributed by atoms with Crippen LogP contribution in [0.4, 0.5) is 5.69 Å². The first-order valence-electron chi connectivity index (χ1n) is 11.7. The second-order valence-corrected chi connectivity index (χ2v) is 9.22. The molecule has 33 heavy (non-hydrogen) atoms. The minimum absolute atomic E-state index is 0.0585. The number of hydrogen-bond donors (Lipinski definition) is 0. The zero-order valence-corrected chi connectivity index (χ0v) is 19.2. The molecule has 0 bridgehead atoms. The average Bonchev–Trinajstić information content (AvgIpc) is 3.40. The highest BCUT2D eigenvalue weighted by Crippen LogP contribution is 2.34. The van der Waals surface area contributed by atoms with Gasteiger partial charge in [0.1, 0.15) is 18.1 Å². The Labute approximate surface area is 193 Å². The second kappa shape index (κ2) is 8.89. The van der Waals surface area contributed by atoms with Gasteiger partial charge >= 0.3 is 0 Å². The van der Waals surface area contributed by atoms with Gasteiger partial charge in [-0.1, -0.05) is 25.1 Å². The first kappa shape index (κ1) is 21.5. The fourth-order valence-corrected chi connectivity index (χ4v) is 4.97. The highest BCUT2D eigenvalue weighted by atomic mass is 16.5. The van der Waals surface area contributed by atoms with Crippen LogP contribution in [-0.2, 0) is 16.1 Å². The van der Waals surface area contributed by atoms with Gasteiger partial charge in [-0.05, 0) is 43.0 Å². The highest BCUT2D eigenvalue weighted by molar-refractivity contribution is 5.96. The smallest absolute Gasteiger partial charge is 0.242 e. The van der Waals surface area contributed by atoms with Gasteiger partial charge in [-0.25, -0.2) is 4.98 Å². The number of aromatic nitrogens is 2. The van der Waals surface area contributed by atoms with E-state index in [0.717, 1.165) is 54.2 Å². The number of methoxy groups -OCH3 is 1. The van der Waals surface area contributed by atoms with Crippen molar-refractivity contribution in [2.75, 3.05) is 31.6 Å². The molecule has 3 aromatic rings. The first-order chi connectivity index (χ1) is 16.0. The standard InChI is InChI=1S/C26H30N4O3/c1-18-10-12-28(13-11-18)25(32)17-30-23-9-4-3-8-22(23)27-26(30)19-14-24(31)29(16-19)20-6-5-7-21(15-20)33-2/h3-9,15,18-19H,10-14,16-17H2,1-2H3/t19-/m1/s1. The maximum Gasteiger partial charge on any atom is 0.242 e. The summed E-state index contributed by atoms with van der Waals surface area (Å²) in [7, 11) is 1.62. The summed E-state index contributed by atoms with van der Waals surface area (Å²) in [4.78, 5) is 34.8. The Morgan fingerprint density at radius 2 is 1.91 bits per heavy atom. The molecule has 2 amide bonds. The van der Waals surface area contributed by atoms with Crippen molar-refractivity contribution in [2.45, 2.75) is 38.6 Å². The molecule has 0 N–H and O–H groups in total. The number of benzene rings is 2. The Hall–Kier alpha value is -3.35. The van der Waals surface area contributed by atoms with Crippen LogP contribution >= 0.6 is 0 Å². The predicted molar refractivity (Wildman–Crippen MR) is 127 cm³/mol. The number of piperidine rings is 1. The van der Waals surface area contributed by atoms with Crippen LogP contribution in [0.5, 0.6) is 5.75 Å². The number of carbonyl (C=O) groups is 2. The number of carbonyl (C=O) groups excluding carboxylic acids is 2. The summed E-state index contributed by atoms with van der Waals surface area (Å²) in [6, 6.07) is 15.5. The number of anilines is 1. The van der Waals surface area contributed by atoms with E-state index in [4.69, 9.17) is 9.72 Å². The van der Waals surface area contributed by atoms with Crippen molar-refractivity contribution in [3.8, 4) is 5.75 Å². The van der Waals surface area contributed by atoms with Crippen LogP contribution in [0, 0.1) is 5.92 Å². The summed E-state index contributed by atoms with van der Waals surface area (Å²) in [5.74, 6) is 2.31. The number of ether oxygens (including phenoxy) is 1. The van der Waals surface area contributed by atoms with E-state index >= 15 is 0 Å². The molecule has 0 aliphatic carbocycles. The third-order valence-corrected chi connectivity index (χ3v) is 6.97. The Kier molecular flexibility index (Phi) is 5.79. The summed E-state index contributed by atoms with van der Waals surface area (Å²) < 4.78 is 7.36. The van der Waals surface area contributed by atoms with Crippen LogP contribution in [0.1, 0.15) is 37.9 Å². The zero-order chi connectivity index (χ0) is 22.9. The summed E-state index contributed by atoms with van der Waals surface area (Å²) >= 11 is 0. The van der Waals surface area contributed by atoms with Crippen molar-refractivity contribution >= 4 is 28.5 Å². The van der Waals surface area contributed by atoms with Gasteiger partial charge < -0.3 is 19.1 Å².